The van der Waals surface area contributed by atoms with Gasteiger partial charge < -0.3 is 14.2 Å². The van der Waals surface area contributed by atoms with Gasteiger partial charge >= 0.3 is 17.9 Å². The summed E-state index contributed by atoms with van der Waals surface area (Å²) < 4.78 is 16.5. The molecule has 0 aliphatic rings. The molecule has 266 valence electrons. The quantitative estimate of drug-likeness (QED) is 0.0390. The average molecular weight is 639 g/mol. The molecule has 0 radical (unpaired) electrons. The standard InChI is InChI=1S/C39H74O6/c1-4-7-10-13-15-17-18-19-20-22-24-27-30-33-39(42)45-36(34-43-37(40)31-28-25-12-9-6-3)35-44-38(41)32-29-26-23-21-16-14-11-8-5-2/h36H,4-35H2,1-3H3/t36-/m1/s1. The fraction of sp³-hybridized carbons (Fsp3) is 0.923. The maximum Gasteiger partial charge on any atom is 0.306 e. The Balaban J connectivity index is 4.25. The van der Waals surface area contributed by atoms with Crippen molar-refractivity contribution in [2.45, 2.75) is 219 Å². The molecular weight excluding hydrogens is 564 g/mol. The molecule has 0 aliphatic heterocycles. The lowest BCUT2D eigenvalue weighted by Crippen LogP contribution is -2.30. The summed E-state index contributed by atoms with van der Waals surface area (Å²) >= 11 is 0. The minimum absolute atomic E-state index is 0.0651. The normalized spacial score (nSPS) is 11.8. The van der Waals surface area contributed by atoms with Gasteiger partial charge in [0.05, 0.1) is 0 Å². The van der Waals surface area contributed by atoms with Crippen LogP contribution in [0.25, 0.3) is 0 Å². The van der Waals surface area contributed by atoms with E-state index in [-0.39, 0.29) is 31.1 Å². The van der Waals surface area contributed by atoms with Crippen LogP contribution in [0.5, 0.6) is 0 Å². The number of ether oxygens (including phenoxy) is 3. The maximum atomic E-state index is 12.6. The number of rotatable bonds is 35. The molecule has 0 heterocycles. The predicted molar refractivity (Wildman–Crippen MR) is 187 cm³/mol. The van der Waals surface area contributed by atoms with E-state index >= 15 is 0 Å². The van der Waals surface area contributed by atoms with E-state index in [1.807, 2.05) is 0 Å². The molecule has 45 heavy (non-hydrogen) atoms. The molecule has 0 aromatic carbocycles. The Morgan fingerprint density at radius 2 is 0.600 bits per heavy atom. The van der Waals surface area contributed by atoms with E-state index in [0.29, 0.717) is 19.3 Å². The molecule has 0 rings (SSSR count). The number of carbonyl (C=O) groups is 3. The maximum absolute atomic E-state index is 12.6. The fourth-order valence-electron chi connectivity index (χ4n) is 5.62. The molecule has 0 aliphatic carbocycles. The van der Waals surface area contributed by atoms with Crippen LogP contribution in [0.3, 0.4) is 0 Å². The highest BCUT2D eigenvalue weighted by molar-refractivity contribution is 5.71. The number of esters is 3. The Labute approximate surface area is 278 Å². The third-order valence-corrected chi connectivity index (χ3v) is 8.61. The lowest BCUT2D eigenvalue weighted by atomic mass is 10.0. The molecule has 6 nitrogen and oxygen atoms in total. The highest BCUT2D eigenvalue weighted by atomic mass is 16.6. The lowest BCUT2D eigenvalue weighted by molar-refractivity contribution is -0.167. The van der Waals surface area contributed by atoms with Crippen molar-refractivity contribution in [1.29, 1.82) is 0 Å². The monoisotopic (exact) mass is 639 g/mol. The van der Waals surface area contributed by atoms with E-state index in [2.05, 4.69) is 20.8 Å². The summed E-state index contributed by atoms with van der Waals surface area (Å²) in [5.74, 6) is -0.878. The van der Waals surface area contributed by atoms with Crippen LogP contribution in [-0.4, -0.2) is 37.2 Å². The molecule has 0 aromatic heterocycles. The Morgan fingerprint density at radius 1 is 0.356 bits per heavy atom. The van der Waals surface area contributed by atoms with Gasteiger partial charge in [-0.05, 0) is 19.3 Å². The van der Waals surface area contributed by atoms with Crippen LogP contribution in [0.15, 0.2) is 0 Å². The molecule has 0 unspecified atom stereocenters. The molecule has 0 amide bonds. The van der Waals surface area contributed by atoms with E-state index in [1.54, 1.807) is 0 Å². The summed E-state index contributed by atoms with van der Waals surface area (Å²) in [4.78, 5) is 37.2. The molecule has 0 fully saturated rings. The highest BCUT2D eigenvalue weighted by Gasteiger charge is 2.19. The van der Waals surface area contributed by atoms with E-state index in [4.69, 9.17) is 14.2 Å². The smallest absolute Gasteiger partial charge is 0.306 e. The van der Waals surface area contributed by atoms with Gasteiger partial charge in [0.2, 0.25) is 0 Å². The van der Waals surface area contributed by atoms with Crippen molar-refractivity contribution in [3.63, 3.8) is 0 Å². The average Bonchev–Trinajstić information content (AvgIpc) is 3.03. The van der Waals surface area contributed by atoms with Crippen LogP contribution in [-0.2, 0) is 28.6 Å². The number of hydrogen-bond acceptors (Lipinski definition) is 6. The SMILES string of the molecule is CCCCCCCCCCCCCCCC(=O)O[C@H](COC(=O)CCCCCCC)COC(=O)CCCCCCCCCCC. The van der Waals surface area contributed by atoms with Crippen LogP contribution >= 0.6 is 0 Å². The van der Waals surface area contributed by atoms with Crippen molar-refractivity contribution in [3.8, 4) is 0 Å². The minimum Gasteiger partial charge on any atom is -0.462 e. The van der Waals surface area contributed by atoms with Gasteiger partial charge in [0.1, 0.15) is 13.2 Å². The predicted octanol–water partition coefficient (Wildman–Crippen LogP) is 11.7. The van der Waals surface area contributed by atoms with Crippen molar-refractivity contribution in [2.75, 3.05) is 13.2 Å². The zero-order valence-corrected chi connectivity index (χ0v) is 30.2. The molecule has 0 saturated heterocycles. The van der Waals surface area contributed by atoms with Gasteiger partial charge in [0, 0.05) is 19.3 Å². The summed E-state index contributed by atoms with van der Waals surface area (Å²) in [6, 6.07) is 0. The van der Waals surface area contributed by atoms with Crippen molar-refractivity contribution in [2.24, 2.45) is 0 Å². The second-order valence-corrected chi connectivity index (χ2v) is 13.2. The topological polar surface area (TPSA) is 78.9 Å². The van der Waals surface area contributed by atoms with Gasteiger partial charge in [-0.1, -0.05) is 175 Å². The van der Waals surface area contributed by atoms with Gasteiger partial charge in [-0.3, -0.25) is 14.4 Å². The number of carbonyl (C=O) groups excluding carboxylic acids is 3. The molecule has 6 heteroatoms. The minimum atomic E-state index is -0.754. The highest BCUT2D eigenvalue weighted by Crippen LogP contribution is 2.14. The molecule has 0 spiro atoms. The van der Waals surface area contributed by atoms with Crippen molar-refractivity contribution >= 4 is 17.9 Å². The summed E-state index contributed by atoms with van der Waals surface area (Å²) in [6.07, 6.45) is 32.5. The van der Waals surface area contributed by atoms with Gasteiger partial charge in [0.25, 0.3) is 0 Å². The summed E-state index contributed by atoms with van der Waals surface area (Å²) in [6.45, 7) is 6.52. The molecule has 0 N–H and O–H groups in total. The first kappa shape index (κ1) is 43.4. The van der Waals surface area contributed by atoms with Gasteiger partial charge in [-0.15, -0.1) is 0 Å². The third kappa shape index (κ3) is 33.6. The van der Waals surface area contributed by atoms with Crippen LogP contribution in [0.1, 0.15) is 213 Å². The first-order valence-corrected chi connectivity index (χ1v) is 19.5. The first-order valence-electron chi connectivity index (χ1n) is 19.5. The summed E-state index contributed by atoms with van der Waals surface area (Å²) in [5.41, 5.74) is 0. The van der Waals surface area contributed by atoms with Crippen molar-refractivity contribution < 1.29 is 28.6 Å². The third-order valence-electron chi connectivity index (χ3n) is 8.61. The summed E-state index contributed by atoms with van der Waals surface area (Å²) in [5, 5.41) is 0. The van der Waals surface area contributed by atoms with E-state index in [0.717, 1.165) is 64.2 Å². The van der Waals surface area contributed by atoms with E-state index in [9.17, 15) is 14.4 Å². The zero-order chi connectivity index (χ0) is 33.1. The van der Waals surface area contributed by atoms with E-state index < -0.39 is 6.10 Å². The molecule has 0 bridgehead atoms. The molecular formula is C39H74O6. The lowest BCUT2D eigenvalue weighted by Gasteiger charge is -2.18. The van der Waals surface area contributed by atoms with Gasteiger partial charge in [0.15, 0.2) is 6.10 Å². The Hall–Kier alpha value is -1.59. The Morgan fingerprint density at radius 3 is 0.889 bits per heavy atom. The van der Waals surface area contributed by atoms with Crippen molar-refractivity contribution in [1.82, 2.24) is 0 Å². The van der Waals surface area contributed by atoms with Crippen LogP contribution < -0.4 is 0 Å². The zero-order valence-electron chi connectivity index (χ0n) is 30.2. The summed E-state index contributed by atoms with van der Waals surface area (Å²) in [7, 11) is 0. The van der Waals surface area contributed by atoms with Gasteiger partial charge in [-0.2, -0.15) is 0 Å². The van der Waals surface area contributed by atoms with Crippen LogP contribution in [0.4, 0.5) is 0 Å². The fourth-order valence-corrected chi connectivity index (χ4v) is 5.62. The molecule has 0 aromatic rings. The second-order valence-electron chi connectivity index (χ2n) is 13.2. The largest absolute Gasteiger partial charge is 0.462 e. The Kier molecular flexibility index (Phi) is 34.0. The molecule has 1 atom stereocenters. The Bertz CT molecular complexity index is 664. The first-order chi connectivity index (χ1) is 22.0. The van der Waals surface area contributed by atoms with Gasteiger partial charge in [-0.25, -0.2) is 0 Å². The van der Waals surface area contributed by atoms with Crippen LogP contribution in [0, 0.1) is 0 Å². The second kappa shape index (κ2) is 35.3. The van der Waals surface area contributed by atoms with Crippen molar-refractivity contribution in [3.05, 3.63) is 0 Å². The van der Waals surface area contributed by atoms with E-state index in [1.165, 1.54) is 109 Å². The number of unbranched alkanes of at least 4 members (excludes halogenated alkanes) is 24. The molecule has 0 saturated carbocycles. The van der Waals surface area contributed by atoms with Crippen LogP contribution in [0.2, 0.25) is 0 Å². The number of hydrogen-bond donors (Lipinski definition) is 0.